The van der Waals surface area contributed by atoms with Crippen LogP contribution in [-0.4, -0.2) is 20.3 Å². The number of hydrogen-bond donors (Lipinski definition) is 1. The fourth-order valence-corrected chi connectivity index (χ4v) is 3.22. The molecule has 3 nitrogen and oxygen atoms in total. The van der Waals surface area contributed by atoms with Gasteiger partial charge in [-0.25, -0.2) is 0 Å². The maximum atomic E-state index is 6.49. The third-order valence-corrected chi connectivity index (χ3v) is 4.13. The van der Waals surface area contributed by atoms with Crippen molar-refractivity contribution in [2.75, 3.05) is 20.3 Å². The number of benzene rings is 1. The van der Waals surface area contributed by atoms with Gasteiger partial charge >= 0.3 is 0 Å². The summed E-state index contributed by atoms with van der Waals surface area (Å²) >= 11 is 6.49. The second-order valence-corrected chi connectivity index (χ2v) is 5.44. The topological polar surface area (TPSA) is 30.5 Å². The summed E-state index contributed by atoms with van der Waals surface area (Å²) in [5, 5.41) is 4.20. The number of hydrogen-bond acceptors (Lipinski definition) is 3. The Labute approximate surface area is 126 Å². The van der Waals surface area contributed by atoms with E-state index < -0.39 is 0 Å². The molecule has 1 aliphatic carbocycles. The maximum Gasteiger partial charge on any atom is 0.166 e. The Kier molecular flexibility index (Phi) is 5.55. The molecular weight excluding hydrogens is 274 g/mol. The molecule has 0 aromatic heterocycles. The average Bonchev–Trinajstić information content (AvgIpc) is 2.66. The van der Waals surface area contributed by atoms with E-state index in [9.17, 15) is 0 Å². The molecule has 0 fully saturated rings. The molecule has 1 unspecified atom stereocenters. The van der Waals surface area contributed by atoms with Gasteiger partial charge in [0.15, 0.2) is 11.5 Å². The molecule has 20 heavy (non-hydrogen) atoms. The van der Waals surface area contributed by atoms with Gasteiger partial charge in [0, 0.05) is 22.7 Å². The molecule has 0 radical (unpaired) electrons. The summed E-state index contributed by atoms with van der Waals surface area (Å²) in [7, 11) is 2.00. The van der Waals surface area contributed by atoms with Crippen LogP contribution in [-0.2, 0) is 6.42 Å². The molecule has 0 spiro atoms. The zero-order valence-corrected chi connectivity index (χ0v) is 13.3. The van der Waals surface area contributed by atoms with Gasteiger partial charge in [-0.15, -0.1) is 0 Å². The molecular formula is C16H24ClNO2. The second kappa shape index (κ2) is 7.19. The number of fused-ring (bicyclic) bond motifs is 1. The third-order valence-electron chi connectivity index (χ3n) is 3.79. The minimum atomic E-state index is 0.284. The lowest BCUT2D eigenvalue weighted by Crippen LogP contribution is -2.18. The van der Waals surface area contributed by atoms with Crippen LogP contribution in [0.4, 0.5) is 0 Å². The van der Waals surface area contributed by atoms with Crippen molar-refractivity contribution in [2.24, 2.45) is 0 Å². The second-order valence-electron chi connectivity index (χ2n) is 5.03. The summed E-state index contributed by atoms with van der Waals surface area (Å²) < 4.78 is 11.6. The van der Waals surface area contributed by atoms with Crippen LogP contribution < -0.4 is 14.8 Å². The number of rotatable bonds is 5. The monoisotopic (exact) mass is 297 g/mol. The van der Waals surface area contributed by atoms with E-state index in [0.29, 0.717) is 13.2 Å². The minimum absolute atomic E-state index is 0.284. The van der Waals surface area contributed by atoms with Crippen molar-refractivity contribution >= 4 is 11.6 Å². The van der Waals surface area contributed by atoms with Crippen LogP contribution in [0.3, 0.4) is 0 Å². The SMILES string of the molecule is CCOc1cc(Cl)c2c(c1OCC)C(NC)CCCC2. The Hall–Kier alpha value is -0.930. The van der Waals surface area contributed by atoms with Crippen LogP contribution >= 0.6 is 11.6 Å². The fourth-order valence-electron chi connectivity index (χ4n) is 2.93. The van der Waals surface area contributed by atoms with E-state index in [4.69, 9.17) is 21.1 Å². The summed E-state index contributed by atoms with van der Waals surface area (Å²) in [4.78, 5) is 0. The largest absolute Gasteiger partial charge is 0.490 e. The Bertz CT molecular complexity index is 462. The van der Waals surface area contributed by atoms with Crippen molar-refractivity contribution in [3.63, 3.8) is 0 Å². The average molecular weight is 298 g/mol. The van der Waals surface area contributed by atoms with Crippen molar-refractivity contribution in [2.45, 2.75) is 45.6 Å². The van der Waals surface area contributed by atoms with E-state index in [1.807, 2.05) is 27.0 Å². The highest BCUT2D eigenvalue weighted by Gasteiger charge is 2.26. The van der Waals surface area contributed by atoms with E-state index in [1.54, 1.807) is 0 Å². The first-order valence-electron chi connectivity index (χ1n) is 7.51. The highest BCUT2D eigenvalue weighted by Crippen LogP contribution is 2.44. The standard InChI is InChI=1S/C16H24ClNO2/c1-4-19-14-10-12(17)11-8-6-7-9-13(18-3)15(11)16(14)20-5-2/h10,13,18H,4-9H2,1-3H3. The Balaban J connectivity index is 2.60. The zero-order valence-electron chi connectivity index (χ0n) is 12.6. The van der Waals surface area contributed by atoms with E-state index in [0.717, 1.165) is 29.4 Å². The summed E-state index contributed by atoms with van der Waals surface area (Å²) in [6, 6.07) is 2.19. The summed E-state index contributed by atoms with van der Waals surface area (Å²) in [6.07, 6.45) is 4.49. The minimum Gasteiger partial charge on any atom is -0.490 e. The molecule has 1 N–H and O–H groups in total. The number of halogens is 1. The quantitative estimate of drug-likeness (QED) is 0.829. The van der Waals surface area contributed by atoms with E-state index in [1.165, 1.54) is 24.0 Å². The molecule has 0 saturated heterocycles. The van der Waals surface area contributed by atoms with Gasteiger partial charge in [-0.1, -0.05) is 18.0 Å². The van der Waals surface area contributed by atoms with Crippen molar-refractivity contribution in [1.29, 1.82) is 0 Å². The molecule has 4 heteroatoms. The molecule has 0 amide bonds. The van der Waals surface area contributed by atoms with Crippen molar-refractivity contribution in [3.8, 4) is 11.5 Å². The highest BCUT2D eigenvalue weighted by atomic mass is 35.5. The normalized spacial score (nSPS) is 18.3. The fraction of sp³-hybridized carbons (Fsp3) is 0.625. The lowest BCUT2D eigenvalue weighted by Gasteiger charge is -2.24. The Morgan fingerprint density at radius 2 is 2.00 bits per heavy atom. The van der Waals surface area contributed by atoms with Gasteiger partial charge in [0.05, 0.1) is 13.2 Å². The first-order chi connectivity index (χ1) is 9.72. The third kappa shape index (κ3) is 3.04. The molecule has 0 bridgehead atoms. The van der Waals surface area contributed by atoms with Gasteiger partial charge in [0.25, 0.3) is 0 Å². The van der Waals surface area contributed by atoms with Gasteiger partial charge in [0.2, 0.25) is 0 Å². The van der Waals surface area contributed by atoms with Crippen LogP contribution in [0.5, 0.6) is 11.5 Å². The molecule has 0 saturated carbocycles. The first kappa shape index (κ1) is 15.5. The van der Waals surface area contributed by atoms with Gasteiger partial charge < -0.3 is 14.8 Å². The van der Waals surface area contributed by atoms with Gasteiger partial charge in [-0.2, -0.15) is 0 Å². The van der Waals surface area contributed by atoms with Crippen LogP contribution in [0.25, 0.3) is 0 Å². The molecule has 1 atom stereocenters. The Morgan fingerprint density at radius 3 is 2.65 bits per heavy atom. The molecule has 0 heterocycles. The smallest absolute Gasteiger partial charge is 0.166 e. The van der Waals surface area contributed by atoms with Crippen molar-refractivity contribution in [1.82, 2.24) is 5.32 Å². The van der Waals surface area contributed by atoms with Gasteiger partial charge in [-0.3, -0.25) is 0 Å². The number of ether oxygens (including phenoxy) is 2. The summed E-state index contributed by atoms with van der Waals surface area (Å²) in [5.41, 5.74) is 2.42. The molecule has 1 aromatic carbocycles. The van der Waals surface area contributed by atoms with Crippen LogP contribution in [0, 0.1) is 0 Å². The summed E-state index contributed by atoms with van der Waals surface area (Å²) in [5.74, 6) is 1.63. The highest BCUT2D eigenvalue weighted by molar-refractivity contribution is 6.31. The molecule has 1 aliphatic rings. The predicted octanol–water partition coefficient (Wildman–Crippen LogP) is 4.12. The predicted molar refractivity (Wildman–Crippen MR) is 83.1 cm³/mol. The molecule has 112 valence electrons. The van der Waals surface area contributed by atoms with Crippen molar-refractivity contribution < 1.29 is 9.47 Å². The van der Waals surface area contributed by atoms with Crippen LogP contribution in [0.1, 0.15) is 50.3 Å². The van der Waals surface area contributed by atoms with Crippen molar-refractivity contribution in [3.05, 3.63) is 22.2 Å². The van der Waals surface area contributed by atoms with Crippen LogP contribution in [0.2, 0.25) is 5.02 Å². The van der Waals surface area contributed by atoms with Gasteiger partial charge in [0.1, 0.15) is 0 Å². The summed E-state index contributed by atoms with van der Waals surface area (Å²) in [6.45, 7) is 5.22. The number of nitrogens with one attached hydrogen (secondary N) is 1. The van der Waals surface area contributed by atoms with E-state index in [2.05, 4.69) is 5.32 Å². The Morgan fingerprint density at radius 1 is 1.25 bits per heavy atom. The lowest BCUT2D eigenvalue weighted by molar-refractivity contribution is 0.282. The maximum absolute atomic E-state index is 6.49. The van der Waals surface area contributed by atoms with E-state index in [-0.39, 0.29) is 6.04 Å². The molecule has 0 aliphatic heterocycles. The molecule has 2 rings (SSSR count). The first-order valence-corrected chi connectivity index (χ1v) is 7.88. The van der Waals surface area contributed by atoms with Gasteiger partial charge in [-0.05, 0) is 45.7 Å². The lowest BCUT2D eigenvalue weighted by atomic mass is 9.97. The zero-order chi connectivity index (χ0) is 14.5. The van der Waals surface area contributed by atoms with Crippen LogP contribution in [0.15, 0.2) is 6.07 Å². The molecule has 1 aromatic rings. The van der Waals surface area contributed by atoms with E-state index >= 15 is 0 Å².